The normalized spacial score (nSPS) is 20.7. The summed E-state index contributed by atoms with van der Waals surface area (Å²) >= 11 is 0. The van der Waals surface area contributed by atoms with Crippen LogP contribution in [0.4, 0.5) is 0 Å². The molecule has 2 fully saturated rings. The van der Waals surface area contributed by atoms with Gasteiger partial charge in [0.25, 0.3) is 0 Å². The van der Waals surface area contributed by atoms with E-state index in [2.05, 4.69) is 25.8 Å². The summed E-state index contributed by atoms with van der Waals surface area (Å²) in [4.78, 5) is 16.1. The van der Waals surface area contributed by atoms with Crippen molar-refractivity contribution in [3.8, 4) is 17.1 Å². The van der Waals surface area contributed by atoms with Crippen LogP contribution in [0, 0.1) is 18.8 Å². The largest absolute Gasteiger partial charge is 0.489 e. The second kappa shape index (κ2) is 8.87. The molecule has 0 spiro atoms. The molecule has 33 heavy (non-hydrogen) atoms. The van der Waals surface area contributed by atoms with Crippen molar-refractivity contribution in [3.63, 3.8) is 0 Å². The number of nitrogens with zero attached hydrogens (tertiary/aromatic N) is 8. The van der Waals surface area contributed by atoms with Gasteiger partial charge in [0, 0.05) is 13.5 Å². The van der Waals surface area contributed by atoms with Gasteiger partial charge in [-0.05, 0) is 73.9 Å². The Hall–Kier alpha value is -3.37. The quantitative estimate of drug-likeness (QED) is 0.546. The third kappa shape index (κ3) is 4.71. The zero-order valence-corrected chi connectivity index (χ0v) is 18.9. The van der Waals surface area contributed by atoms with Crippen LogP contribution in [-0.4, -0.2) is 57.4 Å². The molecule has 0 amide bonds. The number of pyridine rings is 1. The van der Waals surface area contributed by atoms with E-state index in [-0.39, 0.29) is 12.0 Å². The average molecular weight is 453 g/mol. The van der Waals surface area contributed by atoms with E-state index in [9.17, 15) is 9.90 Å². The van der Waals surface area contributed by atoms with Gasteiger partial charge in [-0.3, -0.25) is 4.79 Å². The molecule has 2 aliphatic carbocycles. The number of carboxylic acid groups (broad SMARTS) is 1. The first kappa shape index (κ1) is 21.5. The Labute approximate surface area is 191 Å². The van der Waals surface area contributed by atoms with E-state index in [1.54, 1.807) is 4.68 Å². The molecule has 0 radical (unpaired) electrons. The maximum absolute atomic E-state index is 11.3. The predicted molar refractivity (Wildman–Crippen MR) is 116 cm³/mol. The number of hydrogen-bond acceptors (Lipinski definition) is 8. The number of ether oxygens (including phenoxy) is 1. The number of carboxylic acids is 1. The Morgan fingerprint density at radius 2 is 2.03 bits per heavy atom. The third-order valence-corrected chi connectivity index (χ3v) is 6.57. The maximum atomic E-state index is 11.3. The molecule has 3 aromatic heterocycles. The Balaban J connectivity index is 1.34. The number of aromatic nitrogens is 8. The first-order valence-electron chi connectivity index (χ1n) is 11.5. The van der Waals surface area contributed by atoms with Crippen LogP contribution in [0.5, 0.6) is 5.75 Å². The summed E-state index contributed by atoms with van der Waals surface area (Å²) in [6.07, 6.45) is 6.21. The first-order chi connectivity index (χ1) is 16.0. The van der Waals surface area contributed by atoms with E-state index in [4.69, 9.17) is 9.72 Å². The SMILES string of the molecule is Cc1nc(-c2nnn(C)c2Cn2nnnc2CC2CC2)ccc1OC1CCCC(C(=O)O)C1. The molecule has 11 heteroatoms. The van der Waals surface area contributed by atoms with E-state index in [1.807, 2.05) is 30.8 Å². The second-order valence-corrected chi connectivity index (χ2v) is 9.13. The number of carbonyl (C=O) groups is 1. The smallest absolute Gasteiger partial charge is 0.306 e. The highest BCUT2D eigenvalue weighted by Gasteiger charge is 2.29. The van der Waals surface area contributed by atoms with Crippen LogP contribution in [0.25, 0.3) is 11.4 Å². The minimum absolute atomic E-state index is 0.108. The molecule has 0 bridgehead atoms. The fourth-order valence-corrected chi connectivity index (χ4v) is 4.43. The van der Waals surface area contributed by atoms with Gasteiger partial charge >= 0.3 is 5.97 Å². The van der Waals surface area contributed by atoms with Crippen LogP contribution in [0.3, 0.4) is 0 Å². The van der Waals surface area contributed by atoms with Crippen molar-refractivity contribution >= 4 is 5.97 Å². The Morgan fingerprint density at radius 3 is 2.79 bits per heavy atom. The number of aryl methyl sites for hydroxylation is 2. The number of tetrazole rings is 1. The van der Waals surface area contributed by atoms with Gasteiger partial charge in [0.05, 0.1) is 35.6 Å². The molecular weight excluding hydrogens is 424 g/mol. The highest BCUT2D eigenvalue weighted by molar-refractivity contribution is 5.70. The molecule has 0 aromatic carbocycles. The van der Waals surface area contributed by atoms with Crippen molar-refractivity contribution in [2.24, 2.45) is 18.9 Å². The van der Waals surface area contributed by atoms with Gasteiger partial charge in [-0.1, -0.05) is 5.21 Å². The molecule has 11 nitrogen and oxygen atoms in total. The number of rotatable bonds is 8. The summed E-state index contributed by atoms with van der Waals surface area (Å²) in [5.41, 5.74) is 2.99. The van der Waals surface area contributed by atoms with Crippen molar-refractivity contribution in [2.75, 3.05) is 0 Å². The molecular formula is C22H28N8O3. The lowest BCUT2D eigenvalue weighted by atomic mass is 9.87. The summed E-state index contributed by atoms with van der Waals surface area (Å²) in [5, 5.41) is 30.1. The highest BCUT2D eigenvalue weighted by Crippen LogP contribution is 2.32. The van der Waals surface area contributed by atoms with Crippen molar-refractivity contribution in [1.29, 1.82) is 0 Å². The lowest BCUT2D eigenvalue weighted by Crippen LogP contribution is -2.29. The molecule has 2 unspecified atom stereocenters. The topological polar surface area (TPSA) is 134 Å². The lowest BCUT2D eigenvalue weighted by Gasteiger charge is -2.27. The number of aliphatic carboxylic acids is 1. The van der Waals surface area contributed by atoms with E-state index >= 15 is 0 Å². The van der Waals surface area contributed by atoms with Crippen LogP contribution in [0.1, 0.15) is 55.7 Å². The van der Waals surface area contributed by atoms with Crippen molar-refractivity contribution in [3.05, 3.63) is 29.3 Å². The van der Waals surface area contributed by atoms with E-state index in [0.29, 0.717) is 42.4 Å². The zero-order chi connectivity index (χ0) is 22.9. The summed E-state index contributed by atoms with van der Waals surface area (Å²) in [7, 11) is 1.85. The van der Waals surface area contributed by atoms with Crippen LogP contribution in [-0.2, 0) is 24.8 Å². The van der Waals surface area contributed by atoms with E-state index < -0.39 is 5.97 Å². The van der Waals surface area contributed by atoms with Crippen molar-refractivity contribution < 1.29 is 14.6 Å². The summed E-state index contributed by atoms with van der Waals surface area (Å²) in [6.45, 7) is 2.35. The fourth-order valence-electron chi connectivity index (χ4n) is 4.43. The molecule has 3 aromatic rings. The maximum Gasteiger partial charge on any atom is 0.306 e. The third-order valence-electron chi connectivity index (χ3n) is 6.57. The highest BCUT2D eigenvalue weighted by atomic mass is 16.5. The Bertz CT molecular complexity index is 1150. The van der Waals surface area contributed by atoms with Gasteiger partial charge in [0.15, 0.2) is 5.82 Å². The van der Waals surface area contributed by atoms with Gasteiger partial charge in [0.2, 0.25) is 0 Å². The standard InChI is InChI=1S/C22H28N8O3/c1-13-19(33-16-5-3-4-15(11-16)22(31)32)9-8-17(23-13)21-18(29(2)27-25-21)12-30-20(24-26-28-30)10-14-6-7-14/h8-9,14-16H,3-7,10-12H2,1-2H3,(H,31,32). The molecule has 0 saturated heterocycles. The fraction of sp³-hybridized carbons (Fsp3) is 0.591. The number of hydrogen-bond donors (Lipinski definition) is 1. The summed E-state index contributed by atoms with van der Waals surface area (Å²) in [5.74, 6) is 1.16. The summed E-state index contributed by atoms with van der Waals surface area (Å²) in [6, 6.07) is 3.76. The van der Waals surface area contributed by atoms with Crippen molar-refractivity contribution in [1.82, 2.24) is 40.2 Å². The van der Waals surface area contributed by atoms with E-state index in [1.165, 1.54) is 12.8 Å². The van der Waals surface area contributed by atoms with Crippen molar-refractivity contribution in [2.45, 2.75) is 64.5 Å². The zero-order valence-electron chi connectivity index (χ0n) is 18.9. The lowest BCUT2D eigenvalue weighted by molar-refractivity contribution is -0.143. The molecule has 174 valence electrons. The molecule has 2 saturated carbocycles. The monoisotopic (exact) mass is 452 g/mol. The minimum Gasteiger partial charge on any atom is -0.489 e. The van der Waals surface area contributed by atoms with Crippen LogP contribution in [0.15, 0.2) is 12.1 Å². The van der Waals surface area contributed by atoms with Gasteiger partial charge < -0.3 is 9.84 Å². The molecule has 2 aliphatic rings. The van der Waals surface area contributed by atoms with Gasteiger partial charge in [-0.25, -0.2) is 14.3 Å². The average Bonchev–Trinajstić information content (AvgIpc) is 3.40. The molecule has 0 aliphatic heterocycles. The Morgan fingerprint density at radius 1 is 1.18 bits per heavy atom. The minimum atomic E-state index is -0.744. The van der Waals surface area contributed by atoms with Gasteiger partial charge in [-0.2, -0.15) is 0 Å². The Kier molecular flexibility index (Phi) is 5.77. The molecule has 5 rings (SSSR count). The van der Waals surface area contributed by atoms with E-state index in [0.717, 1.165) is 36.5 Å². The van der Waals surface area contributed by atoms with Gasteiger partial charge in [-0.15, -0.1) is 10.2 Å². The van der Waals surface area contributed by atoms with Crippen LogP contribution in [0.2, 0.25) is 0 Å². The molecule has 3 heterocycles. The molecule has 2 atom stereocenters. The second-order valence-electron chi connectivity index (χ2n) is 9.13. The molecule has 1 N–H and O–H groups in total. The first-order valence-corrected chi connectivity index (χ1v) is 11.5. The van der Waals surface area contributed by atoms with Crippen LogP contribution < -0.4 is 4.74 Å². The van der Waals surface area contributed by atoms with Gasteiger partial charge in [0.1, 0.15) is 11.4 Å². The summed E-state index contributed by atoms with van der Waals surface area (Å²) < 4.78 is 9.68. The van der Waals surface area contributed by atoms with Crippen LogP contribution >= 0.6 is 0 Å². The predicted octanol–water partition coefficient (Wildman–Crippen LogP) is 2.20.